The molecule has 0 saturated carbocycles. The molecule has 2 nitrogen and oxygen atoms in total. The second-order valence-corrected chi connectivity index (χ2v) is 1.66. The first kappa shape index (κ1) is 13.2. The Hall–Kier alpha value is -0.380. The molecule has 1 aromatic rings. The molecule has 0 bridgehead atoms. The van der Waals surface area contributed by atoms with Gasteiger partial charge in [0.15, 0.2) is 0 Å². The van der Waals surface area contributed by atoms with Gasteiger partial charge in [-0.1, -0.05) is 6.07 Å². The maximum absolute atomic E-state index is 12.2. The fourth-order valence-corrected chi connectivity index (χ4v) is 0.564. The van der Waals surface area contributed by atoms with Crippen LogP contribution < -0.4 is 5.73 Å². The fourth-order valence-electron chi connectivity index (χ4n) is 0.564. The molecule has 0 aliphatic heterocycles. The number of rotatable bonds is 1. The summed E-state index contributed by atoms with van der Waals surface area (Å²) in [6, 6.07) is 4.56. The maximum Gasteiger partial charge on any atom is 0.213 e. The van der Waals surface area contributed by atoms with Gasteiger partial charge in [-0.2, -0.15) is 4.39 Å². The van der Waals surface area contributed by atoms with Crippen LogP contribution in [0.25, 0.3) is 0 Å². The summed E-state index contributed by atoms with van der Waals surface area (Å²) in [4.78, 5) is 3.50. The van der Waals surface area contributed by atoms with Crippen molar-refractivity contribution in [2.24, 2.45) is 5.73 Å². The summed E-state index contributed by atoms with van der Waals surface area (Å²) < 4.78 is 12.2. The molecule has 1 aromatic heterocycles. The van der Waals surface area contributed by atoms with Crippen molar-refractivity contribution < 1.29 is 4.39 Å². The Morgan fingerprint density at radius 3 is 2.36 bits per heavy atom. The van der Waals surface area contributed by atoms with Crippen molar-refractivity contribution >= 4 is 24.8 Å². The van der Waals surface area contributed by atoms with Gasteiger partial charge < -0.3 is 5.73 Å². The molecule has 0 unspecified atom stereocenters. The van der Waals surface area contributed by atoms with Gasteiger partial charge in [-0.15, -0.1) is 24.8 Å². The van der Waals surface area contributed by atoms with Crippen LogP contribution in [0.3, 0.4) is 0 Å². The lowest BCUT2D eigenvalue weighted by atomic mass is 10.3. The zero-order valence-corrected chi connectivity index (χ0v) is 7.29. The Labute approximate surface area is 76.8 Å². The predicted molar refractivity (Wildman–Crippen MR) is 46.6 cm³/mol. The lowest BCUT2D eigenvalue weighted by Crippen LogP contribution is -1.99. The first-order valence-electron chi connectivity index (χ1n) is 2.64. The first-order valence-corrected chi connectivity index (χ1v) is 2.64. The predicted octanol–water partition coefficient (Wildman–Crippen LogP) is 1.52. The van der Waals surface area contributed by atoms with Crippen LogP contribution in [0.5, 0.6) is 0 Å². The maximum atomic E-state index is 12.2. The van der Waals surface area contributed by atoms with Crippen molar-refractivity contribution in [1.82, 2.24) is 4.98 Å². The van der Waals surface area contributed by atoms with Crippen LogP contribution in [0.4, 0.5) is 4.39 Å². The highest BCUT2D eigenvalue weighted by atomic mass is 35.5. The van der Waals surface area contributed by atoms with Crippen molar-refractivity contribution in [3.63, 3.8) is 0 Å². The summed E-state index contributed by atoms with van der Waals surface area (Å²) >= 11 is 0. The molecule has 2 N–H and O–H groups in total. The van der Waals surface area contributed by atoms with E-state index in [1.807, 2.05) is 0 Å². The molecule has 11 heavy (non-hydrogen) atoms. The lowest BCUT2D eigenvalue weighted by Gasteiger charge is -1.91. The Bertz CT molecular complexity index is 208. The number of halogens is 3. The molecule has 0 fully saturated rings. The molecule has 0 saturated heterocycles. The summed E-state index contributed by atoms with van der Waals surface area (Å²) in [6.07, 6.45) is 0. The van der Waals surface area contributed by atoms with E-state index in [0.717, 1.165) is 0 Å². The third kappa shape index (κ3) is 4.14. The minimum absolute atomic E-state index is 0. The SMILES string of the molecule is Cl.Cl.NCc1cccc(F)n1. The average molecular weight is 199 g/mol. The number of nitrogens with two attached hydrogens (primary N) is 1. The molecule has 0 aliphatic rings. The van der Waals surface area contributed by atoms with E-state index < -0.39 is 5.95 Å². The molecule has 0 amide bonds. The molecule has 0 radical (unpaired) electrons. The molecular formula is C6H9Cl2FN2. The van der Waals surface area contributed by atoms with Crippen LogP contribution in [0.15, 0.2) is 18.2 Å². The third-order valence-electron chi connectivity index (χ3n) is 0.982. The van der Waals surface area contributed by atoms with Gasteiger partial charge in [-0.3, -0.25) is 0 Å². The highest BCUT2D eigenvalue weighted by Gasteiger charge is 1.90. The van der Waals surface area contributed by atoms with E-state index in [4.69, 9.17) is 5.73 Å². The van der Waals surface area contributed by atoms with Crippen LogP contribution in [0.1, 0.15) is 5.69 Å². The van der Waals surface area contributed by atoms with Crippen LogP contribution in [0.2, 0.25) is 0 Å². The third-order valence-corrected chi connectivity index (χ3v) is 0.982. The summed E-state index contributed by atoms with van der Waals surface area (Å²) in [5.41, 5.74) is 5.77. The van der Waals surface area contributed by atoms with E-state index in [9.17, 15) is 4.39 Å². The second-order valence-electron chi connectivity index (χ2n) is 1.66. The number of hydrogen-bond donors (Lipinski definition) is 1. The van der Waals surface area contributed by atoms with E-state index in [1.165, 1.54) is 6.07 Å². The highest BCUT2D eigenvalue weighted by molar-refractivity contribution is 5.85. The topological polar surface area (TPSA) is 38.9 Å². The Balaban J connectivity index is 0. The summed E-state index contributed by atoms with van der Waals surface area (Å²) in [7, 11) is 0. The standard InChI is InChI=1S/C6H7FN2.2ClH/c7-6-3-1-2-5(4-8)9-6;;/h1-3H,4,8H2;2*1H. The Morgan fingerprint density at radius 1 is 1.36 bits per heavy atom. The van der Waals surface area contributed by atoms with Gasteiger partial charge in [0.05, 0.1) is 5.69 Å². The summed E-state index contributed by atoms with van der Waals surface area (Å²) in [5, 5.41) is 0. The monoisotopic (exact) mass is 198 g/mol. The quantitative estimate of drug-likeness (QED) is 0.696. The van der Waals surface area contributed by atoms with Crippen molar-refractivity contribution in [2.75, 3.05) is 0 Å². The van der Waals surface area contributed by atoms with Crippen LogP contribution in [-0.4, -0.2) is 4.98 Å². The van der Waals surface area contributed by atoms with Gasteiger partial charge in [0.25, 0.3) is 0 Å². The van der Waals surface area contributed by atoms with Crippen molar-refractivity contribution in [1.29, 1.82) is 0 Å². The summed E-state index contributed by atoms with van der Waals surface area (Å²) in [6.45, 7) is 0.289. The number of nitrogens with zero attached hydrogens (tertiary/aromatic N) is 1. The second kappa shape index (κ2) is 6.34. The molecule has 0 aromatic carbocycles. The summed E-state index contributed by atoms with van der Waals surface area (Å²) in [5.74, 6) is -0.474. The van der Waals surface area contributed by atoms with Gasteiger partial charge >= 0.3 is 0 Å². The normalized spacial score (nSPS) is 7.82. The van der Waals surface area contributed by atoms with Gasteiger partial charge in [-0.25, -0.2) is 4.98 Å². The van der Waals surface area contributed by atoms with Crippen molar-refractivity contribution in [3.8, 4) is 0 Å². The largest absolute Gasteiger partial charge is 0.325 e. The minimum atomic E-state index is -0.474. The minimum Gasteiger partial charge on any atom is -0.325 e. The molecule has 0 atom stereocenters. The molecule has 5 heteroatoms. The average Bonchev–Trinajstić information content (AvgIpc) is 1.88. The highest BCUT2D eigenvalue weighted by Crippen LogP contribution is 1.94. The van der Waals surface area contributed by atoms with Crippen LogP contribution in [0, 0.1) is 5.95 Å². The molecule has 1 rings (SSSR count). The van der Waals surface area contributed by atoms with Gasteiger partial charge in [0, 0.05) is 6.54 Å². The molecule has 0 spiro atoms. The molecule has 1 heterocycles. The van der Waals surface area contributed by atoms with E-state index in [1.54, 1.807) is 12.1 Å². The zero-order chi connectivity index (χ0) is 6.69. The molecular weight excluding hydrogens is 190 g/mol. The Kier molecular flexibility index (Phi) is 7.62. The Morgan fingerprint density at radius 2 is 2.00 bits per heavy atom. The number of hydrogen-bond acceptors (Lipinski definition) is 2. The van der Waals surface area contributed by atoms with Gasteiger partial charge in [-0.05, 0) is 12.1 Å². The van der Waals surface area contributed by atoms with E-state index in [0.29, 0.717) is 5.69 Å². The number of pyridine rings is 1. The van der Waals surface area contributed by atoms with Crippen LogP contribution >= 0.6 is 24.8 Å². The zero-order valence-electron chi connectivity index (χ0n) is 5.66. The van der Waals surface area contributed by atoms with E-state index in [2.05, 4.69) is 4.98 Å². The number of aromatic nitrogens is 1. The van der Waals surface area contributed by atoms with E-state index in [-0.39, 0.29) is 31.4 Å². The molecule has 64 valence electrons. The fraction of sp³-hybridized carbons (Fsp3) is 0.167. The van der Waals surface area contributed by atoms with Crippen LogP contribution in [-0.2, 0) is 6.54 Å². The smallest absolute Gasteiger partial charge is 0.213 e. The lowest BCUT2D eigenvalue weighted by molar-refractivity contribution is 0.577. The van der Waals surface area contributed by atoms with Crippen molar-refractivity contribution in [3.05, 3.63) is 29.8 Å². The van der Waals surface area contributed by atoms with Gasteiger partial charge in [0.1, 0.15) is 0 Å². The first-order chi connectivity index (χ1) is 4.33. The van der Waals surface area contributed by atoms with Crippen molar-refractivity contribution in [2.45, 2.75) is 6.54 Å². The molecule has 0 aliphatic carbocycles. The van der Waals surface area contributed by atoms with E-state index >= 15 is 0 Å². The van der Waals surface area contributed by atoms with Gasteiger partial charge in [0.2, 0.25) is 5.95 Å².